The number of ether oxygens (including phenoxy) is 2. The zero-order chi connectivity index (χ0) is 14.1. The average molecular weight is 266 g/mol. The molecule has 1 aromatic heterocycles. The highest BCUT2D eigenvalue weighted by Gasteiger charge is 2.20. The van der Waals surface area contributed by atoms with Crippen LogP contribution in [0.15, 0.2) is 24.5 Å². The summed E-state index contributed by atoms with van der Waals surface area (Å²) < 4.78 is 11.0. The van der Waals surface area contributed by atoms with E-state index in [-0.39, 0.29) is 24.5 Å². The number of carbonyl (C=O) groups is 1. The number of pyridine rings is 1. The molecule has 0 spiro atoms. The third-order valence-corrected chi connectivity index (χ3v) is 2.79. The first kappa shape index (κ1) is 15.6. The average Bonchev–Trinajstić information content (AvgIpc) is 2.39. The summed E-state index contributed by atoms with van der Waals surface area (Å²) in [7, 11) is 0. The van der Waals surface area contributed by atoms with Crippen molar-refractivity contribution < 1.29 is 14.3 Å². The van der Waals surface area contributed by atoms with E-state index in [1.807, 2.05) is 26.0 Å². The van der Waals surface area contributed by atoms with Crippen molar-refractivity contribution in [2.45, 2.75) is 38.9 Å². The molecule has 1 unspecified atom stereocenters. The monoisotopic (exact) mass is 266 g/mol. The maximum atomic E-state index is 11.2. The standard InChI is InChI=1S/C14H22N2O3/c1-3-18-14(19-4-2)9-12(8-13(15)17)11-6-5-7-16-10-11/h5-7,10,12,14H,3-4,8-9H2,1-2H3,(H2,15,17). The molecule has 0 aliphatic carbocycles. The minimum Gasteiger partial charge on any atom is -0.370 e. The number of nitrogens with zero attached hydrogens (tertiary/aromatic N) is 1. The van der Waals surface area contributed by atoms with Crippen molar-refractivity contribution in [3.05, 3.63) is 30.1 Å². The van der Waals surface area contributed by atoms with Crippen molar-refractivity contribution in [1.29, 1.82) is 0 Å². The van der Waals surface area contributed by atoms with E-state index in [0.717, 1.165) is 5.56 Å². The first-order valence-corrected chi connectivity index (χ1v) is 6.58. The van der Waals surface area contributed by atoms with Crippen molar-refractivity contribution in [2.75, 3.05) is 13.2 Å². The Balaban J connectivity index is 2.75. The van der Waals surface area contributed by atoms with Gasteiger partial charge in [-0.15, -0.1) is 0 Å². The summed E-state index contributed by atoms with van der Waals surface area (Å²) in [6.07, 6.45) is 3.99. The van der Waals surface area contributed by atoms with Crippen molar-refractivity contribution in [3.8, 4) is 0 Å². The van der Waals surface area contributed by atoms with Crippen LogP contribution in [0.25, 0.3) is 0 Å². The van der Waals surface area contributed by atoms with Crippen LogP contribution in [0.3, 0.4) is 0 Å². The van der Waals surface area contributed by atoms with E-state index in [1.165, 1.54) is 0 Å². The maximum Gasteiger partial charge on any atom is 0.218 e. The molecule has 1 amide bonds. The van der Waals surface area contributed by atoms with Crippen LogP contribution in [0.1, 0.15) is 38.2 Å². The zero-order valence-electron chi connectivity index (χ0n) is 11.5. The van der Waals surface area contributed by atoms with Crippen molar-refractivity contribution in [3.63, 3.8) is 0 Å². The van der Waals surface area contributed by atoms with E-state index < -0.39 is 0 Å². The van der Waals surface area contributed by atoms with Gasteiger partial charge in [0.1, 0.15) is 0 Å². The Kier molecular flexibility index (Phi) is 7.07. The molecule has 19 heavy (non-hydrogen) atoms. The van der Waals surface area contributed by atoms with E-state index in [4.69, 9.17) is 15.2 Å². The van der Waals surface area contributed by atoms with E-state index in [0.29, 0.717) is 19.6 Å². The summed E-state index contributed by atoms with van der Waals surface area (Å²) in [4.78, 5) is 15.3. The van der Waals surface area contributed by atoms with Crippen LogP contribution in [-0.2, 0) is 14.3 Å². The summed E-state index contributed by atoms with van der Waals surface area (Å²) in [6, 6.07) is 3.79. The van der Waals surface area contributed by atoms with Crippen LogP contribution in [0, 0.1) is 0 Å². The molecule has 1 heterocycles. The van der Waals surface area contributed by atoms with E-state index in [1.54, 1.807) is 12.4 Å². The summed E-state index contributed by atoms with van der Waals surface area (Å²) in [5.41, 5.74) is 6.29. The van der Waals surface area contributed by atoms with Gasteiger partial charge in [-0.25, -0.2) is 0 Å². The second-order valence-electron chi connectivity index (χ2n) is 4.23. The summed E-state index contributed by atoms with van der Waals surface area (Å²) in [5, 5.41) is 0. The van der Waals surface area contributed by atoms with Crippen molar-refractivity contribution in [2.24, 2.45) is 5.73 Å². The van der Waals surface area contributed by atoms with Crippen LogP contribution in [0.2, 0.25) is 0 Å². The molecule has 5 heteroatoms. The zero-order valence-corrected chi connectivity index (χ0v) is 11.5. The largest absolute Gasteiger partial charge is 0.370 e. The van der Waals surface area contributed by atoms with Crippen LogP contribution < -0.4 is 5.73 Å². The highest BCUT2D eigenvalue weighted by Crippen LogP contribution is 2.25. The molecular formula is C14H22N2O3. The van der Waals surface area contributed by atoms with Gasteiger partial charge in [-0.05, 0) is 31.4 Å². The molecule has 1 aromatic rings. The van der Waals surface area contributed by atoms with Gasteiger partial charge >= 0.3 is 0 Å². The molecule has 0 saturated heterocycles. The Bertz CT molecular complexity index is 364. The van der Waals surface area contributed by atoms with Gasteiger partial charge in [-0.3, -0.25) is 9.78 Å². The van der Waals surface area contributed by atoms with Gasteiger partial charge in [0.25, 0.3) is 0 Å². The highest BCUT2D eigenvalue weighted by molar-refractivity contribution is 5.74. The Morgan fingerprint density at radius 2 is 2.05 bits per heavy atom. The molecule has 1 rings (SSSR count). The number of carbonyl (C=O) groups excluding carboxylic acids is 1. The number of amides is 1. The third kappa shape index (κ3) is 5.81. The third-order valence-electron chi connectivity index (χ3n) is 2.79. The molecule has 0 aliphatic heterocycles. The Hall–Kier alpha value is -1.46. The van der Waals surface area contributed by atoms with Crippen LogP contribution >= 0.6 is 0 Å². The summed E-state index contributed by atoms with van der Waals surface area (Å²) >= 11 is 0. The van der Waals surface area contributed by atoms with Crippen molar-refractivity contribution >= 4 is 5.91 Å². The number of hydrogen-bond donors (Lipinski definition) is 1. The van der Waals surface area contributed by atoms with Gasteiger partial charge in [0.2, 0.25) is 5.91 Å². The van der Waals surface area contributed by atoms with Gasteiger partial charge in [0, 0.05) is 38.4 Å². The number of nitrogens with two attached hydrogens (primary N) is 1. The molecule has 0 radical (unpaired) electrons. The second-order valence-corrected chi connectivity index (χ2v) is 4.23. The quantitative estimate of drug-likeness (QED) is 0.692. The highest BCUT2D eigenvalue weighted by atomic mass is 16.7. The molecule has 0 fully saturated rings. The van der Waals surface area contributed by atoms with Crippen molar-refractivity contribution in [1.82, 2.24) is 4.98 Å². The molecule has 0 bridgehead atoms. The molecule has 5 nitrogen and oxygen atoms in total. The Morgan fingerprint density at radius 3 is 2.53 bits per heavy atom. The maximum absolute atomic E-state index is 11.2. The van der Waals surface area contributed by atoms with E-state index in [9.17, 15) is 4.79 Å². The first-order chi connectivity index (χ1) is 9.17. The lowest BCUT2D eigenvalue weighted by molar-refractivity contribution is -0.143. The molecule has 0 aliphatic rings. The first-order valence-electron chi connectivity index (χ1n) is 6.58. The van der Waals surface area contributed by atoms with Crippen LogP contribution in [-0.4, -0.2) is 30.4 Å². The number of aromatic nitrogens is 1. The molecular weight excluding hydrogens is 244 g/mol. The van der Waals surface area contributed by atoms with Gasteiger partial charge in [-0.1, -0.05) is 6.07 Å². The minimum absolute atomic E-state index is 0.0331. The van der Waals surface area contributed by atoms with E-state index in [2.05, 4.69) is 4.98 Å². The molecule has 106 valence electrons. The van der Waals surface area contributed by atoms with E-state index >= 15 is 0 Å². The fourth-order valence-electron chi connectivity index (χ4n) is 1.99. The predicted molar refractivity (Wildman–Crippen MR) is 72.4 cm³/mol. The SMILES string of the molecule is CCOC(CC(CC(N)=O)c1cccnc1)OCC. The lowest BCUT2D eigenvalue weighted by atomic mass is 9.93. The number of rotatable bonds is 9. The number of primary amides is 1. The lowest BCUT2D eigenvalue weighted by Gasteiger charge is -2.22. The van der Waals surface area contributed by atoms with Crippen LogP contribution in [0.4, 0.5) is 0 Å². The smallest absolute Gasteiger partial charge is 0.218 e. The van der Waals surface area contributed by atoms with Gasteiger partial charge < -0.3 is 15.2 Å². The molecule has 2 N–H and O–H groups in total. The Morgan fingerprint density at radius 1 is 1.37 bits per heavy atom. The molecule has 1 atom stereocenters. The number of hydrogen-bond acceptors (Lipinski definition) is 4. The fourth-order valence-corrected chi connectivity index (χ4v) is 1.99. The lowest BCUT2D eigenvalue weighted by Crippen LogP contribution is -2.23. The summed E-state index contributed by atoms with van der Waals surface area (Å²) in [6.45, 7) is 4.97. The summed E-state index contributed by atoms with van der Waals surface area (Å²) in [5.74, 6) is -0.366. The van der Waals surface area contributed by atoms with Gasteiger partial charge in [0.05, 0.1) is 0 Å². The normalized spacial score (nSPS) is 12.6. The van der Waals surface area contributed by atoms with Gasteiger partial charge in [-0.2, -0.15) is 0 Å². The molecule has 0 saturated carbocycles. The predicted octanol–water partition coefficient (Wildman–Crippen LogP) is 1.83. The van der Waals surface area contributed by atoms with Gasteiger partial charge in [0.15, 0.2) is 6.29 Å². The Labute approximate surface area is 114 Å². The second kappa shape index (κ2) is 8.61. The molecule has 0 aromatic carbocycles. The minimum atomic E-state index is -0.333. The van der Waals surface area contributed by atoms with Crippen LogP contribution in [0.5, 0.6) is 0 Å². The topological polar surface area (TPSA) is 74.4 Å². The fraction of sp³-hybridized carbons (Fsp3) is 0.571.